The van der Waals surface area contributed by atoms with E-state index in [1.54, 1.807) is 24.3 Å². The Bertz CT molecular complexity index is 1000. The van der Waals surface area contributed by atoms with Gasteiger partial charge in [0, 0.05) is 29.2 Å². The van der Waals surface area contributed by atoms with Gasteiger partial charge in [0.05, 0.1) is 10.6 Å². The first-order chi connectivity index (χ1) is 14.3. The van der Waals surface area contributed by atoms with E-state index in [0.717, 1.165) is 44.5 Å². The molecule has 6 nitrogen and oxygen atoms in total. The molecule has 30 heavy (non-hydrogen) atoms. The highest BCUT2D eigenvalue weighted by molar-refractivity contribution is 9.10. The highest BCUT2D eigenvalue weighted by atomic mass is 79.9. The number of piperidine rings is 1. The van der Waals surface area contributed by atoms with Gasteiger partial charge in [0.15, 0.2) is 0 Å². The van der Waals surface area contributed by atoms with E-state index in [1.807, 2.05) is 13.0 Å². The molecule has 2 aromatic rings. The molecule has 3 rings (SSSR count). The molecule has 1 heterocycles. The Labute approximate surface area is 187 Å². The molecule has 2 N–H and O–H groups in total. The third-order valence-corrected chi connectivity index (χ3v) is 7.29. The van der Waals surface area contributed by atoms with E-state index in [9.17, 15) is 13.2 Å². The first-order valence-corrected chi connectivity index (χ1v) is 12.5. The number of benzene rings is 2. The van der Waals surface area contributed by atoms with Gasteiger partial charge in [0.1, 0.15) is 0 Å². The van der Waals surface area contributed by atoms with Gasteiger partial charge in [-0.05, 0) is 84.6 Å². The number of carbonyl (C=O) groups excluding carboxylic acids is 1. The molecule has 0 radical (unpaired) electrons. The molecule has 0 aliphatic carbocycles. The predicted molar refractivity (Wildman–Crippen MR) is 123 cm³/mol. The van der Waals surface area contributed by atoms with Crippen LogP contribution in [0.15, 0.2) is 51.8 Å². The van der Waals surface area contributed by atoms with E-state index in [4.69, 9.17) is 0 Å². The van der Waals surface area contributed by atoms with Gasteiger partial charge >= 0.3 is 0 Å². The summed E-state index contributed by atoms with van der Waals surface area (Å²) in [5, 5.41) is 3.05. The summed E-state index contributed by atoms with van der Waals surface area (Å²) in [4.78, 5) is 15.2. The van der Waals surface area contributed by atoms with Gasteiger partial charge in [0.25, 0.3) is 15.9 Å². The topological polar surface area (TPSA) is 78.5 Å². The summed E-state index contributed by atoms with van der Waals surface area (Å²) in [6.07, 6.45) is 2.95. The van der Waals surface area contributed by atoms with E-state index in [2.05, 4.69) is 37.8 Å². The minimum atomic E-state index is -3.82. The molecule has 0 bridgehead atoms. The van der Waals surface area contributed by atoms with E-state index >= 15 is 0 Å². The first-order valence-electron chi connectivity index (χ1n) is 10.2. The summed E-state index contributed by atoms with van der Waals surface area (Å²) < 4.78 is 29.0. The van der Waals surface area contributed by atoms with Gasteiger partial charge < -0.3 is 10.2 Å². The summed E-state index contributed by atoms with van der Waals surface area (Å²) in [5.74, 6) is -0.238. The number of amides is 1. The second kappa shape index (κ2) is 9.94. The van der Waals surface area contributed by atoms with E-state index in [1.165, 1.54) is 12.1 Å². The SMILES string of the molecule is CCCN1CCC(NC(=O)c2cccc(S(=O)(=O)Nc3cc(C)ccc3Br)c2)CC1. The van der Waals surface area contributed by atoms with Crippen LogP contribution >= 0.6 is 15.9 Å². The number of aryl methyl sites for hydroxylation is 1. The minimum absolute atomic E-state index is 0.0568. The molecule has 162 valence electrons. The van der Waals surface area contributed by atoms with Gasteiger partial charge in [-0.3, -0.25) is 9.52 Å². The maximum absolute atomic E-state index is 12.9. The molecule has 0 spiro atoms. The average Bonchev–Trinajstić information content (AvgIpc) is 2.72. The summed E-state index contributed by atoms with van der Waals surface area (Å²) in [5.41, 5.74) is 1.75. The van der Waals surface area contributed by atoms with Crippen LogP contribution in [0.25, 0.3) is 0 Å². The number of sulfonamides is 1. The van der Waals surface area contributed by atoms with Crippen molar-refractivity contribution in [3.05, 3.63) is 58.1 Å². The summed E-state index contributed by atoms with van der Waals surface area (Å²) in [6, 6.07) is 11.7. The molecule has 1 aliphatic heterocycles. The largest absolute Gasteiger partial charge is 0.349 e. The first kappa shape index (κ1) is 22.8. The van der Waals surface area contributed by atoms with Crippen molar-refractivity contribution in [2.75, 3.05) is 24.4 Å². The lowest BCUT2D eigenvalue weighted by atomic mass is 10.0. The Balaban J connectivity index is 1.69. The normalized spacial score (nSPS) is 15.7. The highest BCUT2D eigenvalue weighted by Gasteiger charge is 2.22. The monoisotopic (exact) mass is 493 g/mol. The standard InChI is InChI=1S/C22H28BrN3O3S/c1-3-11-26-12-9-18(10-13-26)24-22(27)17-5-4-6-19(15-17)30(28,29)25-21-14-16(2)7-8-20(21)23/h4-8,14-15,18,25H,3,9-13H2,1-2H3,(H,24,27). The van der Waals surface area contributed by atoms with Crippen molar-refractivity contribution in [2.24, 2.45) is 0 Å². The Hall–Kier alpha value is -1.90. The summed E-state index contributed by atoms with van der Waals surface area (Å²) in [6.45, 7) is 7.10. The highest BCUT2D eigenvalue weighted by Crippen LogP contribution is 2.26. The Morgan fingerprint density at radius 2 is 1.90 bits per heavy atom. The van der Waals surface area contributed by atoms with Crippen molar-refractivity contribution < 1.29 is 13.2 Å². The summed E-state index contributed by atoms with van der Waals surface area (Å²) >= 11 is 3.37. The smallest absolute Gasteiger partial charge is 0.261 e. The molecule has 0 saturated carbocycles. The van der Waals surface area contributed by atoms with E-state index in [-0.39, 0.29) is 16.8 Å². The molecule has 1 saturated heterocycles. The second-order valence-corrected chi connectivity index (χ2v) is 10.2. The number of hydrogen-bond acceptors (Lipinski definition) is 4. The molecular formula is C22H28BrN3O3S. The number of anilines is 1. The molecule has 0 atom stereocenters. The van der Waals surface area contributed by atoms with Crippen molar-refractivity contribution >= 4 is 37.5 Å². The fraction of sp³-hybridized carbons (Fsp3) is 0.409. The van der Waals surface area contributed by atoms with E-state index in [0.29, 0.717) is 15.7 Å². The Morgan fingerprint density at radius 3 is 2.60 bits per heavy atom. The molecule has 1 amide bonds. The van der Waals surface area contributed by atoms with Crippen molar-refractivity contribution in [3.63, 3.8) is 0 Å². The van der Waals surface area contributed by atoms with Gasteiger partial charge in [-0.1, -0.05) is 19.1 Å². The zero-order valence-corrected chi connectivity index (χ0v) is 19.7. The lowest BCUT2D eigenvalue weighted by Crippen LogP contribution is -2.44. The van der Waals surface area contributed by atoms with Crippen LogP contribution in [-0.4, -0.2) is 44.9 Å². The lowest BCUT2D eigenvalue weighted by Gasteiger charge is -2.32. The number of rotatable bonds is 7. The third-order valence-electron chi connectivity index (χ3n) is 5.24. The van der Waals surface area contributed by atoms with Crippen molar-refractivity contribution in [3.8, 4) is 0 Å². The summed E-state index contributed by atoms with van der Waals surface area (Å²) in [7, 11) is -3.82. The number of hydrogen-bond donors (Lipinski definition) is 2. The molecule has 1 aliphatic rings. The van der Waals surface area contributed by atoms with Gasteiger partial charge in [-0.15, -0.1) is 0 Å². The number of carbonyl (C=O) groups is 1. The van der Waals surface area contributed by atoms with Crippen molar-refractivity contribution in [1.82, 2.24) is 10.2 Å². The third kappa shape index (κ3) is 5.83. The van der Waals surface area contributed by atoms with Crippen LogP contribution in [-0.2, 0) is 10.0 Å². The van der Waals surface area contributed by atoms with Crippen LogP contribution in [0.2, 0.25) is 0 Å². The van der Waals surface area contributed by atoms with Crippen LogP contribution < -0.4 is 10.0 Å². The van der Waals surface area contributed by atoms with Crippen molar-refractivity contribution in [2.45, 2.75) is 44.0 Å². The minimum Gasteiger partial charge on any atom is -0.349 e. The molecule has 0 aromatic heterocycles. The lowest BCUT2D eigenvalue weighted by molar-refractivity contribution is 0.0911. The molecule has 0 unspecified atom stereocenters. The van der Waals surface area contributed by atoms with Crippen LogP contribution in [0.1, 0.15) is 42.1 Å². The zero-order chi connectivity index (χ0) is 21.7. The molecule has 8 heteroatoms. The predicted octanol–water partition coefficient (Wildman–Crippen LogP) is 4.16. The average molecular weight is 494 g/mol. The Kier molecular flexibility index (Phi) is 7.55. The number of likely N-dealkylation sites (tertiary alicyclic amines) is 1. The number of nitrogens with zero attached hydrogens (tertiary/aromatic N) is 1. The van der Waals surface area contributed by atoms with E-state index < -0.39 is 10.0 Å². The molecular weight excluding hydrogens is 466 g/mol. The Morgan fingerprint density at radius 1 is 1.17 bits per heavy atom. The second-order valence-electron chi connectivity index (χ2n) is 7.71. The zero-order valence-electron chi connectivity index (χ0n) is 17.3. The fourth-order valence-electron chi connectivity index (χ4n) is 3.61. The number of halogens is 1. The van der Waals surface area contributed by atoms with Gasteiger partial charge in [0.2, 0.25) is 0 Å². The number of nitrogens with one attached hydrogen (secondary N) is 2. The quantitative estimate of drug-likeness (QED) is 0.606. The van der Waals surface area contributed by atoms with Gasteiger partial charge in [-0.25, -0.2) is 8.42 Å². The van der Waals surface area contributed by atoms with Crippen LogP contribution in [0.3, 0.4) is 0 Å². The van der Waals surface area contributed by atoms with Crippen LogP contribution in [0.4, 0.5) is 5.69 Å². The maximum Gasteiger partial charge on any atom is 0.261 e. The fourth-order valence-corrected chi connectivity index (χ4v) is 5.20. The van der Waals surface area contributed by atoms with Crippen molar-refractivity contribution in [1.29, 1.82) is 0 Å². The maximum atomic E-state index is 12.9. The van der Waals surface area contributed by atoms with Crippen LogP contribution in [0, 0.1) is 6.92 Å². The molecule has 2 aromatic carbocycles. The molecule has 1 fully saturated rings. The van der Waals surface area contributed by atoms with Gasteiger partial charge in [-0.2, -0.15) is 0 Å². The van der Waals surface area contributed by atoms with Crippen LogP contribution in [0.5, 0.6) is 0 Å².